The lowest BCUT2D eigenvalue weighted by atomic mass is 9.62. The first-order valence-corrected chi connectivity index (χ1v) is 9.06. The maximum absolute atomic E-state index is 11.6. The van der Waals surface area contributed by atoms with Gasteiger partial charge in [0.05, 0.1) is 5.56 Å². The molecule has 1 saturated heterocycles. The van der Waals surface area contributed by atoms with Gasteiger partial charge in [-0.05, 0) is 55.3 Å². The van der Waals surface area contributed by atoms with Gasteiger partial charge < -0.3 is 5.32 Å². The fourth-order valence-electron chi connectivity index (χ4n) is 4.78. The van der Waals surface area contributed by atoms with E-state index in [0.29, 0.717) is 11.6 Å². The number of nitrogens with one attached hydrogen (secondary N) is 2. The van der Waals surface area contributed by atoms with Gasteiger partial charge >= 0.3 is 0 Å². The molecular formula is C18H26N4O2. The maximum atomic E-state index is 11.6. The van der Waals surface area contributed by atoms with Crippen LogP contribution in [-0.2, 0) is 13.0 Å². The van der Waals surface area contributed by atoms with E-state index in [1.54, 1.807) is 11.7 Å². The van der Waals surface area contributed by atoms with Crippen molar-refractivity contribution in [3.8, 4) is 0 Å². The van der Waals surface area contributed by atoms with Crippen molar-refractivity contribution in [1.82, 2.24) is 20.7 Å². The average molecular weight is 330 g/mol. The highest BCUT2D eigenvalue weighted by Crippen LogP contribution is 2.43. The summed E-state index contributed by atoms with van der Waals surface area (Å²) in [5, 5.41) is 12.4. The highest BCUT2D eigenvalue weighted by molar-refractivity contribution is 5.93. The molecule has 1 aromatic heterocycles. The van der Waals surface area contributed by atoms with Gasteiger partial charge in [-0.2, -0.15) is 0 Å². The van der Waals surface area contributed by atoms with Crippen LogP contribution in [0.25, 0.3) is 0 Å². The van der Waals surface area contributed by atoms with Crippen molar-refractivity contribution in [2.75, 3.05) is 19.6 Å². The Kier molecular flexibility index (Phi) is 4.28. The monoisotopic (exact) mass is 330 g/mol. The minimum atomic E-state index is -0.492. The number of hydrogen-bond acceptors (Lipinski definition) is 5. The van der Waals surface area contributed by atoms with E-state index in [1.807, 2.05) is 6.07 Å². The Hall–Kier alpha value is -1.50. The predicted molar refractivity (Wildman–Crippen MR) is 89.6 cm³/mol. The van der Waals surface area contributed by atoms with Gasteiger partial charge in [0.2, 0.25) is 0 Å². The van der Waals surface area contributed by atoms with Gasteiger partial charge in [-0.3, -0.25) is 19.9 Å². The molecule has 2 aliphatic heterocycles. The number of piperidine rings is 2. The van der Waals surface area contributed by atoms with Crippen LogP contribution in [0.15, 0.2) is 12.3 Å². The summed E-state index contributed by atoms with van der Waals surface area (Å²) in [6.07, 6.45) is 5.03. The van der Waals surface area contributed by atoms with Crippen molar-refractivity contribution in [2.24, 2.45) is 17.8 Å². The van der Waals surface area contributed by atoms with E-state index in [1.165, 1.54) is 19.5 Å². The third-order valence-electron chi connectivity index (χ3n) is 6.29. The summed E-state index contributed by atoms with van der Waals surface area (Å²) < 4.78 is 0. The Balaban J connectivity index is 1.52. The molecule has 3 N–H and O–H groups in total. The zero-order valence-electron chi connectivity index (χ0n) is 14.2. The summed E-state index contributed by atoms with van der Waals surface area (Å²) in [5.74, 6) is 2.01. The first kappa shape index (κ1) is 16.0. The lowest BCUT2D eigenvalue weighted by Crippen LogP contribution is -2.58. The molecule has 3 aliphatic rings. The molecule has 0 aromatic carbocycles. The number of carbonyl (C=O) groups is 1. The van der Waals surface area contributed by atoms with E-state index in [-0.39, 0.29) is 0 Å². The van der Waals surface area contributed by atoms with Gasteiger partial charge in [0, 0.05) is 37.4 Å². The van der Waals surface area contributed by atoms with Gasteiger partial charge in [0.25, 0.3) is 5.91 Å². The molecule has 1 aromatic rings. The number of nitrogens with zero attached hydrogens (tertiary/aromatic N) is 2. The van der Waals surface area contributed by atoms with Crippen LogP contribution in [0.3, 0.4) is 0 Å². The lowest BCUT2D eigenvalue weighted by molar-refractivity contribution is -0.0118. The third-order valence-corrected chi connectivity index (χ3v) is 6.29. The molecule has 1 aliphatic carbocycles. The number of hydrogen-bond donors (Lipinski definition) is 3. The number of carbonyl (C=O) groups excluding carboxylic acids is 1. The Morgan fingerprint density at radius 3 is 2.92 bits per heavy atom. The van der Waals surface area contributed by atoms with Gasteiger partial charge in [-0.15, -0.1) is 0 Å². The van der Waals surface area contributed by atoms with Gasteiger partial charge in [0.1, 0.15) is 0 Å². The second-order valence-corrected chi connectivity index (χ2v) is 7.54. The largest absolute Gasteiger partial charge is 0.316 e. The van der Waals surface area contributed by atoms with Crippen molar-refractivity contribution in [3.05, 3.63) is 29.1 Å². The lowest BCUT2D eigenvalue weighted by Gasteiger charge is -2.52. The number of amides is 1. The summed E-state index contributed by atoms with van der Waals surface area (Å²) in [6, 6.07) is 2.42. The van der Waals surface area contributed by atoms with Crippen LogP contribution < -0.4 is 10.8 Å². The standard InChI is InChI=1S/C18H26N4O2/c1-2-15-5-17-14(4-13(8-20-17)18(23)21-24)9-22(15)10-16-11-3-12(16)7-19-6-11/h4,8,11-12,15-16,19,24H,2-3,5-7,9-10H2,1H3,(H,21,23)/t11?,12?,15-,16?/m0/s1. The van der Waals surface area contributed by atoms with Crippen molar-refractivity contribution in [1.29, 1.82) is 0 Å². The summed E-state index contributed by atoms with van der Waals surface area (Å²) in [4.78, 5) is 18.7. The van der Waals surface area contributed by atoms with E-state index in [0.717, 1.165) is 54.9 Å². The molecule has 3 heterocycles. The molecule has 130 valence electrons. The number of pyridine rings is 1. The molecule has 2 unspecified atom stereocenters. The fourth-order valence-corrected chi connectivity index (χ4v) is 4.78. The van der Waals surface area contributed by atoms with Crippen LogP contribution in [0.1, 0.15) is 41.4 Å². The molecule has 2 fully saturated rings. The third kappa shape index (κ3) is 2.72. The predicted octanol–water partition coefficient (Wildman–Crippen LogP) is 1.19. The zero-order valence-corrected chi connectivity index (χ0v) is 14.2. The molecular weight excluding hydrogens is 304 g/mol. The molecule has 24 heavy (non-hydrogen) atoms. The summed E-state index contributed by atoms with van der Waals surface area (Å²) in [6.45, 7) is 6.61. The molecule has 1 amide bonds. The highest BCUT2D eigenvalue weighted by Gasteiger charge is 2.45. The molecule has 6 heteroatoms. The summed E-state index contributed by atoms with van der Waals surface area (Å²) in [7, 11) is 0. The molecule has 2 bridgehead atoms. The van der Waals surface area contributed by atoms with Crippen molar-refractivity contribution >= 4 is 5.91 Å². The second kappa shape index (κ2) is 6.43. The topological polar surface area (TPSA) is 77.5 Å². The van der Waals surface area contributed by atoms with Crippen LogP contribution in [0.4, 0.5) is 0 Å². The number of aromatic nitrogens is 1. The summed E-state index contributed by atoms with van der Waals surface area (Å²) in [5.41, 5.74) is 4.35. The van der Waals surface area contributed by atoms with Crippen LogP contribution in [0.5, 0.6) is 0 Å². The van der Waals surface area contributed by atoms with Crippen LogP contribution in [-0.4, -0.2) is 46.7 Å². The van der Waals surface area contributed by atoms with Gasteiger partial charge in [-0.1, -0.05) is 6.92 Å². The minimum absolute atomic E-state index is 0.427. The second-order valence-electron chi connectivity index (χ2n) is 7.54. The molecule has 6 nitrogen and oxygen atoms in total. The quantitative estimate of drug-likeness (QED) is 0.571. The molecule has 0 radical (unpaired) electrons. The Morgan fingerprint density at radius 2 is 2.25 bits per heavy atom. The molecule has 4 rings (SSSR count). The maximum Gasteiger partial charge on any atom is 0.276 e. The fraction of sp³-hybridized carbons (Fsp3) is 0.667. The van der Waals surface area contributed by atoms with Crippen LogP contribution in [0, 0.1) is 17.8 Å². The van der Waals surface area contributed by atoms with Gasteiger partial charge in [0.15, 0.2) is 0 Å². The highest BCUT2D eigenvalue weighted by atomic mass is 16.5. The normalized spacial score (nSPS) is 31.9. The van der Waals surface area contributed by atoms with E-state index in [2.05, 4.69) is 22.1 Å². The van der Waals surface area contributed by atoms with E-state index < -0.39 is 5.91 Å². The number of hydroxylamine groups is 1. The SMILES string of the molecule is CC[C@H]1Cc2ncc(C(=O)NO)cc2CN1CC1C2CNCC1C2. The molecule has 0 spiro atoms. The molecule has 1 saturated carbocycles. The van der Waals surface area contributed by atoms with Crippen LogP contribution in [0.2, 0.25) is 0 Å². The zero-order chi connectivity index (χ0) is 16.7. The Morgan fingerprint density at radius 1 is 1.46 bits per heavy atom. The van der Waals surface area contributed by atoms with E-state index in [4.69, 9.17) is 5.21 Å². The molecule has 3 atom stereocenters. The van der Waals surface area contributed by atoms with Crippen molar-refractivity contribution < 1.29 is 10.0 Å². The Bertz CT molecular complexity index is 621. The smallest absolute Gasteiger partial charge is 0.276 e. The average Bonchev–Trinajstić information content (AvgIpc) is 2.64. The van der Waals surface area contributed by atoms with Crippen LogP contribution >= 0.6 is 0 Å². The first-order chi connectivity index (χ1) is 11.7. The first-order valence-electron chi connectivity index (χ1n) is 9.06. The van der Waals surface area contributed by atoms with E-state index >= 15 is 0 Å². The van der Waals surface area contributed by atoms with Crippen molar-refractivity contribution in [2.45, 2.75) is 38.8 Å². The Labute approximate surface area is 142 Å². The van der Waals surface area contributed by atoms with Gasteiger partial charge in [-0.25, -0.2) is 5.48 Å². The summed E-state index contributed by atoms with van der Waals surface area (Å²) >= 11 is 0. The minimum Gasteiger partial charge on any atom is -0.316 e. The van der Waals surface area contributed by atoms with Crippen molar-refractivity contribution in [3.63, 3.8) is 0 Å². The number of fused-ring (bicyclic) bond motifs is 3. The number of rotatable bonds is 4. The van der Waals surface area contributed by atoms with E-state index in [9.17, 15) is 4.79 Å².